The largest absolute Gasteiger partial charge is 0.369 e. The monoisotopic (exact) mass is 403 g/mol. The van der Waals surface area contributed by atoms with Crippen molar-refractivity contribution in [3.63, 3.8) is 0 Å². The highest BCUT2D eigenvalue weighted by atomic mass is 16.5. The van der Waals surface area contributed by atoms with Crippen LogP contribution in [-0.4, -0.2) is 24.2 Å². The minimum atomic E-state index is -0.234. The first-order chi connectivity index (χ1) is 14.5. The van der Waals surface area contributed by atoms with Crippen molar-refractivity contribution in [1.29, 1.82) is 0 Å². The van der Waals surface area contributed by atoms with Gasteiger partial charge in [-0.15, -0.1) is 0 Å². The van der Waals surface area contributed by atoms with Crippen LogP contribution in [0.1, 0.15) is 39.9 Å². The summed E-state index contributed by atoms with van der Waals surface area (Å²) >= 11 is 0. The molecule has 0 radical (unpaired) electrons. The number of amides is 2. The number of fused-ring (bicyclic) bond motifs is 1. The van der Waals surface area contributed by atoms with Crippen LogP contribution in [0.25, 0.3) is 0 Å². The van der Waals surface area contributed by atoms with Crippen molar-refractivity contribution in [3.8, 4) is 0 Å². The molecule has 0 aromatic heterocycles. The van der Waals surface area contributed by atoms with Crippen molar-refractivity contribution < 1.29 is 19.1 Å². The summed E-state index contributed by atoms with van der Waals surface area (Å²) in [5, 5.41) is 0. The van der Waals surface area contributed by atoms with Crippen LogP contribution < -0.4 is 4.90 Å². The average molecular weight is 403 g/mol. The summed E-state index contributed by atoms with van der Waals surface area (Å²) in [6.45, 7) is 4.28. The molecule has 2 atom stereocenters. The Labute approximate surface area is 176 Å². The highest BCUT2D eigenvalue weighted by Crippen LogP contribution is 2.37. The Morgan fingerprint density at radius 1 is 0.933 bits per heavy atom. The van der Waals surface area contributed by atoms with Gasteiger partial charge in [-0.2, -0.15) is 0 Å². The molecule has 1 aliphatic heterocycles. The molecule has 30 heavy (non-hydrogen) atoms. The van der Waals surface area contributed by atoms with Crippen molar-refractivity contribution in [2.45, 2.75) is 33.3 Å². The van der Waals surface area contributed by atoms with Crippen molar-refractivity contribution >= 4 is 23.3 Å². The quantitative estimate of drug-likeness (QED) is 0.413. The molecule has 154 valence electrons. The maximum atomic E-state index is 12.7. The van der Waals surface area contributed by atoms with E-state index in [0.717, 1.165) is 16.7 Å². The molecule has 4 rings (SSSR count). The third-order valence-corrected chi connectivity index (χ3v) is 6.03. The molecule has 0 saturated carbocycles. The molecule has 5 nitrogen and oxygen atoms in total. The number of carbonyl (C=O) groups excluding carboxylic acids is 3. The Kier molecular flexibility index (Phi) is 5.64. The van der Waals surface area contributed by atoms with Crippen molar-refractivity contribution in [2.75, 3.05) is 11.5 Å². The Morgan fingerprint density at radius 2 is 1.57 bits per heavy atom. The molecule has 5 heteroatoms. The predicted octanol–water partition coefficient (Wildman–Crippen LogP) is 4.16. The van der Waals surface area contributed by atoms with E-state index < -0.39 is 0 Å². The van der Waals surface area contributed by atoms with Crippen molar-refractivity contribution in [3.05, 3.63) is 76.9 Å². The number of nitrogens with zero attached hydrogens (tertiary/aromatic N) is 1. The van der Waals surface area contributed by atoms with Gasteiger partial charge in [0.15, 0.2) is 5.78 Å². The van der Waals surface area contributed by atoms with E-state index in [9.17, 15) is 14.4 Å². The van der Waals surface area contributed by atoms with E-state index >= 15 is 0 Å². The van der Waals surface area contributed by atoms with E-state index in [1.165, 1.54) is 4.90 Å². The first-order valence-corrected chi connectivity index (χ1v) is 10.3. The third-order valence-electron chi connectivity index (χ3n) is 6.03. The molecule has 0 bridgehead atoms. The number of allylic oxidation sites excluding steroid dienone is 2. The molecule has 1 saturated heterocycles. The number of ether oxygens (including phenoxy) is 1. The lowest BCUT2D eigenvalue weighted by atomic mass is 9.85. The lowest BCUT2D eigenvalue weighted by molar-refractivity contribution is -0.122. The first-order valence-electron chi connectivity index (χ1n) is 10.3. The van der Waals surface area contributed by atoms with Crippen LogP contribution in [0, 0.1) is 25.7 Å². The first kappa shape index (κ1) is 20.2. The summed E-state index contributed by atoms with van der Waals surface area (Å²) in [4.78, 5) is 39.0. The molecule has 2 amide bonds. The van der Waals surface area contributed by atoms with Gasteiger partial charge in [-0.25, -0.2) is 0 Å². The number of ketones is 1. The molecule has 2 aromatic rings. The SMILES string of the molecule is Cc1ccc(C(=O)COCc2ccc(N3C(=O)C4CC=CCC4C3=O)cc2)cc1C. The van der Waals surface area contributed by atoms with Gasteiger partial charge in [-0.1, -0.05) is 36.4 Å². The number of carbonyl (C=O) groups is 3. The van der Waals surface area contributed by atoms with Gasteiger partial charge in [0.1, 0.15) is 6.61 Å². The Bertz CT molecular complexity index is 996. The van der Waals surface area contributed by atoms with E-state index in [-0.39, 0.29) is 42.6 Å². The standard InChI is InChI=1S/C25H25NO4/c1-16-7-10-19(13-17(16)2)23(27)15-30-14-18-8-11-20(12-9-18)26-24(28)21-5-3-4-6-22(21)25(26)29/h3-4,7-13,21-22H,5-6,14-15H2,1-2H3. The topological polar surface area (TPSA) is 63.7 Å². The van der Waals surface area contributed by atoms with Crippen LogP contribution in [0.2, 0.25) is 0 Å². The molecule has 2 aliphatic rings. The molecular formula is C25H25NO4. The van der Waals surface area contributed by atoms with E-state index in [0.29, 0.717) is 24.1 Å². The van der Waals surface area contributed by atoms with Gasteiger partial charge in [0.2, 0.25) is 11.8 Å². The number of rotatable bonds is 6. The number of anilines is 1. The van der Waals surface area contributed by atoms with Crippen molar-refractivity contribution in [2.24, 2.45) is 11.8 Å². The van der Waals surface area contributed by atoms with Crippen LogP contribution in [0.5, 0.6) is 0 Å². The fourth-order valence-corrected chi connectivity index (χ4v) is 4.06. The molecular weight excluding hydrogens is 378 g/mol. The van der Waals surface area contributed by atoms with Crippen molar-refractivity contribution in [1.82, 2.24) is 0 Å². The fraction of sp³-hybridized carbons (Fsp3) is 0.320. The second kappa shape index (κ2) is 8.36. The Balaban J connectivity index is 1.35. The van der Waals surface area contributed by atoms with Crippen LogP contribution in [-0.2, 0) is 20.9 Å². The zero-order valence-electron chi connectivity index (χ0n) is 17.3. The van der Waals surface area contributed by atoms with Gasteiger partial charge in [-0.05, 0) is 61.6 Å². The minimum Gasteiger partial charge on any atom is -0.369 e. The summed E-state index contributed by atoms with van der Waals surface area (Å²) in [7, 11) is 0. The van der Waals surface area contributed by atoms with Crippen LogP contribution >= 0.6 is 0 Å². The van der Waals surface area contributed by atoms with E-state index in [1.807, 2.05) is 56.3 Å². The molecule has 2 unspecified atom stereocenters. The zero-order valence-corrected chi connectivity index (χ0v) is 17.3. The molecule has 1 heterocycles. The normalized spacial score (nSPS) is 20.5. The molecule has 1 fully saturated rings. The maximum absolute atomic E-state index is 12.7. The fourth-order valence-electron chi connectivity index (χ4n) is 4.06. The number of Topliss-reactive ketones (excluding diaryl/α,β-unsaturated/α-hetero) is 1. The van der Waals surface area contributed by atoms with Gasteiger partial charge in [0.05, 0.1) is 24.1 Å². The average Bonchev–Trinajstić information content (AvgIpc) is 3.01. The Morgan fingerprint density at radius 3 is 2.17 bits per heavy atom. The molecule has 0 N–H and O–H groups in total. The van der Waals surface area contributed by atoms with Gasteiger partial charge in [0.25, 0.3) is 0 Å². The third kappa shape index (κ3) is 3.85. The second-order valence-corrected chi connectivity index (χ2v) is 8.05. The maximum Gasteiger partial charge on any atom is 0.238 e. The van der Waals surface area contributed by atoms with Crippen LogP contribution in [0.4, 0.5) is 5.69 Å². The molecule has 2 aromatic carbocycles. The summed E-state index contributed by atoms with van der Waals surface area (Å²) < 4.78 is 5.59. The van der Waals surface area contributed by atoms with E-state index in [4.69, 9.17) is 4.74 Å². The summed E-state index contributed by atoms with van der Waals surface area (Å²) in [5.41, 5.74) is 4.35. The lowest BCUT2D eigenvalue weighted by Gasteiger charge is -2.15. The molecule has 1 aliphatic carbocycles. The van der Waals surface area contributed by atoms with Gasteiger partial charge in [0, 0.05) is 5.56 Å². The highest BCUT2D eigenvalue weighted by molar-refractivity contribution is 6.22. The van der Waals surface area contributed by atoms with E-state index in [2.05, 4.69) is 0 Å². The number of benzene rings is 2. The number of imide groups is 1. The summed E-state index contributed by atoms with van der Waals surface area (Å²) in [6, 6.07) is 12.8. The smallest absolute Gasteiger partial charge is 0.238 e. The van der Waals surface area contributed by atoms with Gasteiger partial charge in [-0.3, -0.25) is 19.3 Å². The predicted molar refractivity (Wildman–Crippen MR) is 114 cm³/mol. The second-order valence-electron chi connectivity index (χ2n) is 8.05. The number of aryl methyl sites for hydroxylation is 2. The van der Waals surface area contributed by atoms with Crippen LogP contribution in [0.3, 0.4) is 0 Å². The number of hydrogen-bond donors (Lipinski definition) is 0. The Hall–Kier alpha value is -3.05. The highest BCUT2D eigenvalue weighted by Gasteiger charge is 2.47. The molecule has 0 spiro atoms. The lowest BCUT2D eigenvalue weighted by Crippen LogP contribution is -2.30. The summed E-state index contributed by atoms with van der Waals surface area (Å²) in [6.07, 6.45) is 5.23. The minimum absolute atomic E-state index is 0.00368. The van der Waals surface area contributed by atoms with Gasteiger partial charge < -0.3 is 4.74 Å². The van der Waals surface area contributed by atoms with E-state index in [1.54, 1.807) is 12.1 Å². The summed E-state index contributed by atoms with van der Waals surface area (Å²) in [5.74, 6) is -0.752. The zero-order chi connectivity index (χ0) is 21.3. The van der Waals surface area contributed by atoms with Crippen LogP contribution in [0.15, 0.2) is 54.6 Å². The van der Waals surface area contributed by atoms with Gasteiger partial charge >= 0.3 is 0 Å². The number of hydrogen-bond acceptors (Lipinski definition) is 4.